The van der Waals surface area contributed by atoms with Crippen LogP contribution in [0.25, 0.3) is 0 Å². The van der Waals surface area contributed by atoms with Crippen LogP contribution in [0.2, 0.25) is 0 Å². The first-order valence-corrected chi connectivity index (χ1v) is 7.77. The second kappa shape index (κ2) is 7.02. The number of hydrogen-bond donors (Lipinski definition) is 2. The highest BCUT2D eigenvalue weighted by Gasteiger charge is 2.38. The molecule has 0 aromatic heterocycles. The van der Waals surface area contributed by atoms with Gasteiger partial charge in [0.25, 0.3) is 0 Å². The van der Waals surface area contributed by atoms with E-state index in [9.17, 15) is 0 Å². The average molecular weight is 314 g/mol. The van der Waals surface area contributed by atoms with Gasteiger partial charge in [-0.25, -0.2) is 0 Å². The van der Waals surface area contributed by atoms with E-state index in [0.29, 0.717) is 0 Å². The highest BCUT2D eigenvalue weighted by molar-refractivity contribution is 5.45. The molecule has 4 N–H and O–H groups in total. The number of hydrogen-bond acceptors (Lipinski definition) is 4. The summed E-state index contributed by atoms with van der Waals surface area (Å²) in [4.78, 5) is 0. The normalized spacial score (nSPS) is 13.0. The van der Waals surface area contributed by atoms with Gasteiger partial charge in [0.1, 0.15) is 11.5 Å². The zero-order valence-corrected chi connectivity index (χ0v) is 14.2. The average Bonchev–Trinajstić information content (AvgIpc) is 2.60. The van der Waals surface area contributed by atoms with Gasteiger partial charge in [0.05, 0.1) is 19.8 Å². The van der Waals surface area contributed by atoms with E-state index in [1.165, 1.54) is 0 Å². The van der Waals surface area contributed by atoms with Crippen LogP contribution in [0, 0.1) is 5.92 Å². The second-order valence-electron chi connectivity index (χ2n) is 6.10. The Morgan fingerprint density at radius 3 is 1.65 bits per heavy atom. The molecule has 1 atom stereocenters. The molecule has 23 heavy (non-hydrogen) atoms. The Hall–Kier alpha value is -2.04. The molecule has 124 valence electrons. The van der Waals surface area contributed by atoms with E-state index in [1.807, 2.05) is 48.5 Å². The molecule has 0 amide bonds. The molecule has 4 heteroatoms. The van der Waals surface area contributed by atoms with E-state index >= 15 is 0 Å². The minimum atomic E-state index is -0.836. The summed E-state index contributed by atoms with van der Waals surface area (Å²) in [6.45, 7) is 4.15. The van der Waals surface area contributed by atoms with Crippen molar-refractivity contribution in [3.8, 4) is 11.5 Å². The number of rotatable bonds is 6. The Bertz CT molecular complexity index is 608. The maximum absolute atomic E-state index is 6.90. The summed E-state index contributed by atoms with van der Waals surface area (Å²) in [6, 6.07) is 15.3. The van der Waals surface area contributed by atoms with Crippen molar-refractivity contribution in [1.82, 2.24) is 0 Å². The van der Waals surface area contributed by atoms with Gasteiger partial charge in [0.15, 0.2) is 0 Å². The largest absolute Gasteiger partial charge is 0.497 e. The first kappa shape index (κ1) is 17.3. The minimum absolute atomic E-state index is 0.206. The van der Waals surface area contributed by atoms with Crippen LogP contribution >= 0.6 is 0 Å². The molecule has 0 bridgehead atoms. The van der Waals surface area contributed by atoms with Crippen LogP contribution in [0.5, 0.6) is 11.5 Å². The summed E-state index contributed by atoms with van der Waals surface area (Å²) in [5.74, 6) is 1.73. The molecule has 4 nitrogen and oxygen atoms in total. The van der Waals surface area contributed by atoms with Crippen LogP contribution in [0.1, 0.15) is 25.0 Å². The Morgan fingerprint density at radius 2 is 1.30 bits per heavy atom. The maximum Gasteiger partial charge on any atom is 0.119 e. The van der Waals surface area contributed by atoms with Gasteiger partial charge in [0.2, 0.25) is 0 Å². The van der Waals surface area contributed by atoms with Gasteiger partial charge in [0, 0.05) is 6.04 Å². The van der Waals surface area contributed by atoms with Gasteiger partial charge < -0.3 is 20.9 Å². The summed E-state index contributed by atoms with van der Waals surface area (Å²) in [5.41, 5.74) is 14.4. The van der Waals surface area contributed by atoms with Crippen LogP contribution < -0.4 is 20.9 Å². The van der Waals surface area contributed by atoms with Crippen molar-refractivity contribution in [2.24, 2.45) is 17.4 Å². The third-order valence-corrected chi connectivity index (χ3v) is 4.34. The molecule has 2 rings (SSSR count). The highest BCUT2D eigenvalue weighted by Crippen LogP contribution is 2.35. The molecule has 0 radical (unpaired) electrons. The summed E-state index contributed by atoms with van der Waals surface area (Å²) in [6.07, 6.45) is 0. The zero-order valence-electron chi connectivity index (χ0n) is 14.2. The van der Waals surface area contributed by atoms with E-state index < -0.39 is 5.54 Å². The maximum atomic E-state index is 6.90. The van der Waals surface area contributed by atoms with Crippen molar-refractivity contribution < 1.29 is 9.47 Å². The summed E-state index contributed by atoms with van der Waals surface area (Å²) in [7, 11) is 3.29. The van der Waals surface area contributed by atoms with E-state index in [0.717, 1.165) is 22.6 Å². The van der Waals surface area contributed by atoms with Gasteiger partial charge in [-0.2, -0.15) is 0 Å². The number of benzene rings is 2. The fourth-order valence-corrected chi connectivity index (χ4v) is 2.84. The Morgan fingerprint density at radius 1 is 0.870 bits per heavy atom. The van der Waals surface area contributed by atoms with Crippen molar-refractivity contribution in [3.63, 3.8) is 0 Å². The van der Waals surface area contributed by atoms with Gasteiger partial charge >= 0.3 is 0 Å². The molecule has 0 aliphatic carbocycles. The Balaban J connectivity index is 2.64. The van der Waals surface area contributed by atoms with Crippen molar-refractivity contribution in [1.29, 1.82) is 0 Å². The van der Waals surface area contributed by atoms with Crippen molar-refractivity contribution >= 4 is 0 Å². The summed E-state index contributed by atoms with van der Waals surface area (Å²) >= 11 is 0. The van der Waals surface area contributed by atoms with Gasteiger partial charge in [-0.05, 0) is 41.3 Å². The van der Waals surface area contributed by atoms with Crippen molar-refractivity contribution in [2.75, 3.05) is 14.2 Å². The van der Waals surface area contributed by atoms with Crippen LogP contribution in [0.4, 0.5) is 0 Å². The molecule has 0 fully saturated rings. The summed E-state index contributed by atoms with van der Waals surface area (Å²) in [5, 5.41) is 0. The fraction of sp³-hybridized carbons (Fsp3) is 0.368. The molecular formula is C19H26N2O2. The molecule has 0 saturated heterocycles. The third-order valence-electron chi connectivity index (χ3n) is 4.34. The molecule has 2 aromatic rings. The number of ether oxygens (including phenoxy) is 2. The van der Waals surface area contributed by atoms with E-state index in [1.54, 1.807) is 14.2 Å². The standard InChI is InChI=1S/C19H26N2O2/c1-13(2)18(20)19(21,14-7-5-9-16(11-14)22-3)15-8-6-10-17(12-15)23-4/h5-13,18H,20-21H2,1-4H3. The van der Waals surface area contributed by atoms with Crippen molar-refractivity contribution in [2.45, 2.75) is 25.4 Å². The zero-order chi connectivity index (χ0) is 17.0. The molecule has 0 aliphatic rings. The predicted molar refractivity (Wildman–Crippen MR) is 93.8 cm³/mol. The highest BCUT2D eigenvalue weighted by atomic mass is 16.5. The molecule has 0 spiro atoms. The fourth-order valence-electron chi connectivity index (χ4n) is 2.84. The molecule has 2 aromatic carbocycles. The molecule has 0 heterocycles. The second-order valence-corrected chi connectivity index (χ2v) is 6.10. The predicted octanol–water partition coefficient (Wildman–Crippen LogP) is 2.89. The topological polar surface area (TPSA) is 70.5 Å². The Kier molecular flexibility index (Phi) is 5.29. The van der Waals surface area contributed by atoms with Crippen LogP contribution in [0.15, 0.2) is 48.5 Å². The lowest BCUT2D eigenvalue weighted by Crippen LogP contribution is -2.55. The first-order chi connectivity index (χ1) is 10.9. The lowest BCUT2D eigenvalue weighted by atomic mass is 9.74. The first-order valence-electron chi connectivity index (χ1n) is 7.77. The SMILES string of the molecule is COc1cccc(C(N)(c2cccc(OC)c2)C(N)C(C)C)c1. The monoisotopic (exact) mass is 314 g/mol. The lowest BCUT2D eigenvalue weighted by molar-refractivity contribution is 0.334. The van der Waals surface area contributed by atoms with Crippen LogP contribution in [-0.2, 0) is 5.54 Å². The van der Waals surface area contributed by atoms with Gasteiger partial charge in [-0.15, -0.1) is 0 Å². The van der Waals surface area contributed by atoms with Crippen LogP contribution in [-0.4, -0.2) is 20.3 Å². The smallest absolute Gasteiger partial charge is 0.119 e. The van der Waals surface area contributed by atoms with Crippen molar-refractivity contribution in [3.05, 3.63) is 59.7 Å². The van der Waals surface area contributed by atoms with E-state index in [-0.39, 0.29) is 12.0 Å². The van der Waals surface area contributed by atoms with Gasteiger partial charge in [-0.3, -0.25) is 0 Å². The third kappa shape index (κ3) is 3.33. The number of nitrogens with two attached hydrogens (primary N) is 2. The van der Waals surface area contributed by atoms with Crippen LogP contribution in [0.3, 0.4) is 0 Å². The quantitative estimate of drug-likeness (QED) is 0.860. The lowest BCUT2D eigenvalue weighted by Gasteiger charge is -2.39. The van der Waals surface area contributed by atoms with Gasteiger partial charge in [-0.1, -0.05) is 38.1 Å². The molecule has 0 saturated carbocycles. The van der Waals surface area contributed by atoms with E-state index in [4.69, 9.17) is 20.9 Å². The summed E-state index contributed by atoms with van der Waals surface area (Å²) < 4.78 is 10.7. The Labute approximate surface area is 138 Å². The van der Waals surface area contributed by atoms with E-state index in [2.05, 4.69) is 13.8 Å². The molecule has 1 unspecified atom stereocenters. The molecule has 0 aliphatic heterocycles. The number of methoxy groups -OCH3 is 2. The minimum Gasteiger partial charge on any atom is -0.497 e. The molecular weight excluding hydrogens is 288 g/mol.